The zero-order valence-electron chi connectivity index (χ0n) is 12.4. The van der Waals surface area contributed by atoms with Crippen LogP contribution in [0.15, 0.2) is 16.8 Å². The lowest BCUT2D eigenvalue weighted by Gasteiger charge is -2.16. The molecule has 0 aromatic rings. The Bertz CT molecular complexity index is 499. The monoisotopic (exact) mass is 317 g/mol. The fourth-order valence-electron chi connectivity index (χ4n) is 1.57. The number of carboxylic acids is 1. The molecule has 3 atom stereocenters. The Kier molecular flexibility index (Phi) is 7.73. The zero-order valence-corrected chi connectivity index (χ0v) is 12.4. The highest BCUT2D eigenvalue weighted by Gasteiger charge is 2.27. The van der Waals surface area contributed by atoms with E-state index in [1.807, 2.05) is 5.32 Å². The quantitative estimate of drug-likeness (QED) is 0.208. The normalized spacial score (nSPS) is 16.5. The molecule has 1 amide bonds. The molecule has 0 saturated carbocycles. The second-order valence-corrected chi connectivity index (χ2v) is 4.55. The molecule has 124 valence electrons. The van der Waals surface area contributed by atoms with Crippen molar-refractivity contribution in [3.05, 3.63) is 21.8 Å². The van der Waals surface area contributed by atoms with Crippen molar-refractivity contribution in [1.82, 2.24) is 5.32 Å². The lowest BCUT2D eigenvalue weighted by atomic mass is 10.0. The average Bonchev–Trinajstić information content (AvgIpc) is 2.44. The number of aliphatic carboxylic acids is 1. The fourth-order valence-corrected chi connectivity index (χ4v) is 1.57. The van der Waals surface area contributed by atoms with Crippen LogP contribution in [0.2, 0.25) is 0 Å². The van der Waals surface area contributed by atoms with Crippen molar-refractivity contribution in [2.75, 3.05) is 0 Å². The molecule has 0 rings (SSSR count). The molecule has 0 aliphatic carbocycles. The molecule has 1 unspecified atom stereocenters. The number of nitrogens with zero attached hydrogens (tertiary/aromatic N) is 2. The predicted molar refractivity (Wildman–Crippen MR) is 75.3 cm³/mol. The van der Waals surface area contributed by atoms with Gasteiger partial charge in [0.05, 0.1) is 6.10 Å². The number of carbonyl (C=O) groups excluding carboxylic acids is 1. The maximum atomic E-state index is 11.8. The van der Waals surface area contributed by atoms with Gasteiger partial charge in [0.1, 0.15) is 0 Å². The Balaban J connectivity index is 5.31. The molecule has 0 spiro atoms. The van der Waals surface area contributed by atoms with E-state index < -0.39 is 40.7 Å². The minimum atomic E-state index is -1.60. The van der Waals surface area contributed by atoms with Crippen LogP contribution < -0.4 is 5.32 Å². The number of carbonyl (C=O) groups is 2. The summed E-state index contributed by atoms with van der Waals surface area (Å²) >= 11 is 0. The van der Waals surface area contributed by atoms with Crippen LogP contribution in [0.25, 0.3) is 0 Å². The minimum absolute atomic E-state index is 0.219. The molecule has 22 heavy (non-hydrogen) atoms. The summed E-state index contributed by atoms with van der Waals surface area (Å²) in [5.74, 6) is -2.55. The predicted octanol–water partition coefficient (Wildman–Crippen LogP) is -0.232. The second-order valence-electron chi connectivity index (χ2n) is 4.55. The molecule has 0 aromatic carbocycles. The molecule has 10 nitrogen and oxygen atoms in total. The number of carboxylic acid groups (broad SMARTS) is 1. The lowest BCUT2D eigenvalue weighted by Crippen LogP contribution is -2.49. The largest absolute Gasteiger partial charge is 0.480 e. The first-order valence-corrected chi connectivity index (χ1v) is 6.43. The van der Waals surface area contributed by atoms with E-state index in [1.54, 1.807) is 6.92 Å². The maximum absolute atomic E-state index is 11.8. The Labute approximate surface area is 126 Å². The van der Waals surface area contributed by atoms with Gasteiger partial charge in [-0.15, -0.1) is 0 Å². The number of aliphatic hydroxyl groups excluding tert-OH is 1. The molecule has 0 fully saturated rings. The third-order valence-corrected chi connectivity index (χ3v) is 2.96. The Morgan fingerprint density at radius 3 is 2.27 bits per heavy atom. The van der Waals surface area contributed by atoms with Crippen molar-refractivity contribution in [3.8, 4) is 0 Å². The van der Waals surface area contributed by atoms with E-state index in [4.69, 9.17) is 10.3 Å². The zero-order chi connectivity index (χ0) is 17.4. The Hall–Kier alpha value is -2.49. The average molecular weight is 317 g/mol. The van der Waals surface area contributed by atoms with Crippen LogP contribution in [0.5, 0.6) is 0 Å². The Morgan fingerprint density at radius 2 is 1.95 bits per heavy atom. The summed E-state index contributed by atoms with van der Waals surface area (Å²) in [6.07, 6.45) is -0.134. The molecule has 0 heterocycles. The molecule has 0 saturated heterocycles. The number of rotatable bonds is 8. The molecule has 4 N–H and O–H groups in total. The topological polar surface area (TPSA) is 162 Å². The molecule has 0 radical (unpaired) electrons. The number of nitro groups is 1. The number of oxime groups is 1. The van der Waals surface area contributed by atoms with Crippen molar-refractivity contribution in [3.63, 3.8) is 0 Å². The van der Waals surface area contributed by atoms with Crippen molar-refractivity contribution in [1.29, 1.82) is 0 Å². The van der Waals surface area contributed by atoms with Gasteiger partial charge < -0.3 is 20.7 Å². The molecular weight excluding hydrogens is 298 g/mol. The van der Waals surface area contributed by atoms with Crippen molar-refractivity contribution in [2.45, 2.75) is 45.4 Å². The SMILES string of the molecule is CCC(=CC(=NO)C(=O)N[C@H](C(=O)O)[C@@H](C)O)C(C)[N+](=O)[O-]. The first-order valence-electron chi connectivity index (χ1n) is 6.43. The van der Waals surface area contributed by atoms with Crippen molar-refractivity contribution < 1.29 is 29.9 Å². The number of hydrogen-bond acceptors (Lipinski definition) is 7. The van der Waals surface area contributed by atoms with Crippen molar-refractivity contribution in [2.24, 2.45) is 5.16 Å². The number of hydrogen-bond donors (Lipinski definition) is 4. The maximum Gasteiger partial charge on any atom is 0.328 e. The van der Waals surface area contributed by atoms with E-state index in [1.165, 1.54) is 6.92 Å². The van der Waals surface area contributed by atoms with Gasteiger partial charge in [-0.1, -0.05) is 12.1 Å². The fraction of sp³-hybridized carbons (Fsp3) is 0.583. The van der Waals surface area contributed by atoms with Gasteiger partial charge in [0.15, 0.2) is 11.8 Å². The van der Waals surface area contributed by atoms with Crippen molar-refractivity contribution >= 4 is 17.6 Å². The van der Waals surface area contributed by atoms with Crippen LogP contribution >= 0.6 is 0 Å². The summed E-state index contributed by atoms with van der Waals surface area (Å²) in [5, 5.41) is 42.4. The number of nitrogens with one attached hydrogen (secondary N) is 1. The standard InChI is InChI=1S/C12H19N3O7/c1-4-8(6(2)15(21)22)5-9(14-20)11(17)13-10(7(3)16)12(18)19/h5-7,10,16,20H,4H2,1-3H3,(H,13,17)(H,18,19)/t6?,7-,10+/m1/s1. The first kappa shape index (κ1) is 19.5. The van der Waals surface area contributed by atoms with Crippen LogP contribution in [-0.2, 0) is 9.59 Å². The third kappa shape index (κ3) is 5.48. The van der Waals surface area contributed by atoms with Gasteiger partial charge in [0.2, 0.25) is 6.04 Å². The van der Waals surface area contributed by atoms with Gasteiger partial charge in [0.25, 0.3) is 5.91 Å². The van der Waals surface area contributed by atoms with Crippen LogP contribution in [0.1, 0.15) is 27.2 Å². The van der Waals surface area contributed by atoms with Crippen LogP contribution in [0.4, 0.5) is 0 Å². The highest BCUT2D eigenvalue weighted by molar-refractivity contribution is 6.43. The van der Waals surface area contributed by atoms with E-state index in [-0.39, 0.29) is 12.0 Å². The summed E-state index contributed by atoms with van der Waals surface area (Å²) < 4.78 is 0. The van der Waals surface area contributed by atoms with Crippen LogP contribution in [-0.4, -0.2) is 56.1 Å². The molecule has 0 bridgehead atoms. The summed E-state index contributed by atoms with van der Waals surface area (Å²) in [5.41, 5.74) is -0.366. The summed E-state index contributed by atoms with van der Waals surface area (Å²) in [7, 11) is 0. The Morgan fingerprint density at radius 1 is 1.41 bits per heavy atom. The third-order valence-electron chi connectivity index (χ3n) is 2.96. The molecule has 0 aromatic heterocycles. The van der Waals surface area contributed by atoms with Gasteiger partial charge in [-0.05, 0) is 19.4 Å². The van der Waals surface area contributed by atoms with E-state index in [2.05, 4.69) is 5.16 Å². The smallest absolute Gasteiger partial charge is 0.328 e. The van der Waals surface area contributed by atoms with Crippen LogP contribution in [0.3, 0.4) is 0 Å². The van der Waals surface area contributed by atoms with E-state index >= 15 is 0 Å². The van der Waals surface area contributed by atoms with E-state index in [0.29, 0.717) is 0 Å². The number of amides is 1. The highest BCUT2D eigenvalue weighted by atomic mass is 16.6. The van der Waals surface area contributed by atoms with E-state index in [0.717, 1.165) is 13.0 Å². The number of aliphatic hydroxyl groups is 1. The van der Waals surface area contributed by atoms with Gasteiger partial charge >= 0.3 is 5.97 Å². The van der Waals surface area contributed by atoms with Gasteiger partial charge in [-0.25, -0.2) is 4.79 Å². The van der Waals surface area contributed by atoms with Gasteiger partial charge in [-0.3, -0.25) is 14.9 Å². The lowest BCUT2D eigenvalue weighted by molar-refractivity contribution is -0.507. The first-order chi connectivity index (χ1) is 10.1. The highest BCUT2D eigenvalue weighted by Crippen LogP contribution is 2.10. The molecular formula is C12H19N3O7. The molecule has 10 heteroatoms. The summed E-state index contributed by atoms with van der Waals surface area (Å²) in [4.78, 5) is 32.9. The van der Waals surface area contributed by atoms with Crippen LogP contribution in [0, 0.1) is 10.1 Å². The molecule has 0 aliphatic heterocycles. The summed E-state index contributed by atoms with van der Waals surface area (Å²) in [6, 6.07) is -2.70. The van der Waals surface area contributed by atoms with E-state index in [9.17, 15) is 24.8 Å². The minimum Gasteiger partial charge on any atom is -0.480 e. The van der Waals surface area contributed by atoms with Gasteiger partial charge in [0, 0.05) is 17.4 Å². The van der Waals surface area contributed by atoms with Gasteiger partial charge in [-0.2, -0.15) is 0 Å². The molecule has 0 aliphatic rings. The summed E-state index contributed by atoms with van der Waals surface area (Å²) in [6.45, 7) is 4.09. The second kappa shape index (κ2) is 8.72.